The van der Waals surface area contributed by atoms with Gasteiger partial charge in [0.1, 0.15) is 24.0 Å². The van der Waals surface area contributed by atoms with Crippen molar-refractivity contribution in [1.29, 1.82) is 0 Å². The summed E-state index contributed by atoms with van der Waals surface area (Å²) < 4.78 is 27.7. The van der Waals surface area contributed by atoms with E-state index in [1.165, 1.54) is 6.33 Å². The standard InChI is InChI=1S/C23H31N7O3S/c1-34(32,33)28-8-14-3-2-4-16(5-14)19-12-30(23-20(19)21(24)26-13-27-23)18-6-15(7-18)9-29-10-17(11-29)22(25)31/h2-5,12-13,15,17-18,22,28,31H,6-11,25H2,1H3,(H2,24,26,27). The van der Waals surface area contributed by atoms with Crippen LogP contribution in [0.25, 0.3) is 22.2 Å². The molecular weight excluding hydrogens is 454 g/mol. The van der Waals surface area contributed by atoms with E-state index < -0.39 is 16.3 Å². The molecule has 10 nitrogen and oxygen atoms in total. The highest BCUT2D eigenvalue weighted by Crippen LogP contribution is 2.43. The average Bonchev–Trinajstić information content (AvgIpc) is 3.10. The zero-order valence-electron chi connectivity index (χ0n) is 19.1. The number of aliphatic hydroxyl groups excluding tert-OH is 1. The molecule has 3 aromatic rings. The van der Waals surface area contributed by atoms with E-state index in [2.05, 4.69) is 30.4 Å². The Labute approximate surface area is 199 Å². The molecule has 1 saturated heterocycles. The Kier molecular flexibility index (Phi) is 6.07. The second-order valence-corrected chi connectivity index (χ2v) is 11.5. The summed E-state index contributed by atoms with van der Waals surface area (Å²) in [6.07, 6.45) is 6.13. The number of hydrogen-bond acceptors (Lipinski definition) is 8. The number of nitrogens with one attached hydrogen (secondary N) is 1. The molecule has 3 heterocycles. The van der Waals surface area contributed by atoms with Crippen LogP contribution in [0.1, 0.15) is 24.4 Å². The van der Waals surface area contributed by atoms with Crippen molar-refractivity contribution in [2.24, 2.45) is 17.6 Å². The Bertz CT molecular complexity index is 1300. The maximum atomic E-state index is 11.5. The molecule has 1 atom stereocenters. The molecule has 34 heavy (non-hydrogen) atoms. The van der Waals surface area contributed by atoms with Crippen LogP contribution in [0.2, 0.25) is 0 Å². The number of benzene rings is 1. The van der Waals surface area contributed by atoms with Gasteiger partial charge in [0.2, 0.25) is 10.0 Å². The summed E-state index contributed by atoms with van der Waals surface area (Å²) in [5.74, 6) is 1.22. The van der Waals surface area contributed by atoms with Gasteiger partial charge in [0.25, 0.3) is 0 Å². The lowest BCUT2D eigenvalue weighted by Gasteiger charge is -2.46. The highest BCUT2D eigenvalue weighted by Gasteiger charge is 2.37. The van der Waals surface area contributed by atoms with E-state index in [0.717, 1.165) is 66.5 Å². The molecule has 2 fully saturated rings. The van der Waals surface area contributed by atoms with E-state index in [-0.39, 0.29) is 12.5 Å². The van der Waals surface area contributed by atoms with E-state index >= 15 is 0 Å². The lowest BCUT2D eigenvalue weighted by atomic mass is 9.78. The van der Waals surface area contributed by atoms with Crippen molar-refractivity contribution < 1.29 is 13.5 Å². The summed E-state index contributed by atoms with van der Waals surface area (Å²) >= 11 is 0. The fourth-order valence-electron chi connectivity index (χ4n) is 5.09. The first kappa shape index (κ1) is 23.2. The minimum absolute atomic E-state index is 0.190. The van der Waals surface area contributed by atoms with E-state index in [0.29, 0.717) is 17.8 Å². The van der Waals surface area contributed by atoms with Gasteiger partial charge in [-0.25, -0.2) is 23.1 Å². The minimum atomic E-state index is -3.28. The molecule has 1 unspecified atom stereocenters. The number of aliphatic hydroxyl groups is 1. The normalized spacial score (nSPS) is 22.4. The molecule has 2 aliphatic rings. The molecule has 0 amide bonds. The van der Waals surface area contributed by atoms with Crippen molar-refractivity contribution in [3.63, 3.8) is 0 Å². The lowest BCUT2D eigenvalue weighted by molar-refractivity contribution is -0.0188. The van der Waals surface area contributed by atoms with Gasteiger partial charge in [-0.2, -0.15) is 0 Å². The Morgan fingerprint density at radius 1 is 1.26 bits per heavy atom. The fraction of sp³-hybridized carbons (Fsp3) is 0.478. The molecule has 0 spiro atoms. The number of fused-ring (bicyclic) bond motifs is 1. The number of nitrogens with two attached hydrogens (primary N) is 2. The van der Waals surface area contributed by atoms with Gasteiger partial charge in [0, 0.05) is 49.9 Å². The largest absolute Gasteiger partial charge is 0.383 e. The first-order chi connectivity index (χ1) is 16.2. The summed E-state index contributed by atoms with van der Waals surface area (Å²) in [6.45, 7) is 2.98. The number of aromatic nitrogens is 3. The van der Waals surface area contributed by atoms with Crippen LogP contribution in [0.3, 0.4) is 0 Å². The van der Waals surface area contributed by atoms with Crippen LogP contribution in [0.4, 0.5) is 5.82 Å². The summed E-state index contributed by atoms with van der Waals surface area (Å²) in [4.78, 5) is 11.1. The van der Waals surface area contributed by atoms with Gasteiger partial charge in [-0.1, -0.05) is 18.2 Å². The van der Waals surface area contributed by atoms with Crippen molar-refractivity contribution in [1.82, 2.24) is 24.2 Å². The van der Waals surface area contributed by atoms with Gasteiger partial charge < -0.3 is 26.0 Å². The molecule has 1 aromatic carbocycles. The van der Waals surface area contributed by atoms with Crippen molar-refractivity contribution >= 4 is 26.9 Å². The highest BCUT2D eigenvalue weighted by atomic mass is 32.2. The van der Waals surface area contributed by atoms with Crippen LogP contribution < -0.4 is 16.2 Å². The van der Waals surface area contributed by atoms with E-state index in [4.69, 9.17) is 11.5 Å². The zero-order chi connectivity index (χ0) is 24.0. The first-order valence-electron chi connectivity index (χ1n) is 11.5. The Hall–Kier alpha value is -2.57. The number of rotatable bonds is 8. The molecule has 6 N–H and O–H groups in total. The molecule has 11 heteroatoms. The van der Waals surface area contributed by atoms with Crippen LogP contribution in [0.15, 0.2) is 36.8 Å². The molecule has 5 rings (SSSR count). The van der Waals surface area contributed by atoms with Crippen molar-refractivity contribution in [3.8, 4) is 11.1 Å². The van der Waals surface area contributed by atoms with Gasteiger partial charge in [-0.05, 0) is 36.0 Å². The van der Waals surface area contributed by atoms with Crippen LogP contribution in [0, 0.1) is 11.8 Å². The van der Waals surface area contributed by atoms with E-state index in [9.17, 15) is 13.5 Å². The maximum absolute atomic E-state index is 11.5. The molecule has 2 aromatic heterocycles. The summed E-state index contributed by atoms with van der Waals surface area (Å²) in [5, 5.41) is 10.3. The maximum Gasteiger partial charge on any atom is 0.209 e. The third-order valence-corrected chi connectivity index (χ3v) is 7.67. The number of nitrogen functional groups attached to an aromatic ring is 1. The summed E-state index contributed by atoms with van der Waals surface area (Å²) in [5.41, 5.74) is 15.4. The minimum Gasteiger partial charge on any atom is -0.383 e. The molecule has 0 bridgehead atoms. The molecule has 1 aliphatic carbocycles. The average molecular weight is 486 g/mol. The predicted molar refractivity (Wildman–Crippen MR) is 131 cm³/mol. The third kappa shape index (κ3) is 4.66. The fourth-order valence-corrected chi connectivity index (χ4v) is 5.51. The molecule has 1 saturated carbocycles. The highest BCUT2D eigenvalue weighted by molar-refractivity contribution is 7.88. The molecular formula is C23H31N7O3S. The van der Waals surface area contributed by atoms with E-state index in [1.807, 2.05) is 24.3 Å². The monoisotopic (exact) mass is 485 g/mol. The predicted octanol–water partition coefficient (Wildman–Crippen LogP) is 0.890. The van der Waals surface area contributed by atoms with Crippen molar-refractivity contribution in [3.05, 3.63) is 42.4 Å². The third-order valence-electron chi connectivity index (χ3n) is 7.00. The quantitative estimate of drug-likeness (QED) is 0.343. The lowest BCUT2D eigenvalue weighted by Crippen LogP contribution is -2.56. The van der Waals surface area contributed by atoms with Gasteiger partial charge in [-0.15, -0.1) is 0 Å². The summed E-state index contributed by atoms with van der Waals surface area (Å²) in [7, 11) is -3.28. The Morgan fingerprint density at radius 3 is 2.74 bits per heavy atom. The Morgan fingerprint density at radius 2 is 2.03 bits per heavy atom. The number of likely N-dealkylation sites (tertiary alicyclic amines) is 1. The number of sulfonamides is 1. The van der Waals surface area contributed by atoms with E-state index in [1.54, 1.807) is 0 Å². The SMILES string of the molecule is CS(=O)(=O)NCc1cccc(-c2cn(C3CC(CN4CC(C(N)O)C4)C3)c3ncnc(N)c23)c1. The number of nitrogens with zero attached hydrogens (tertiary/aromatic N) is 4. The van der Waals surface area contributed by atoms with Crippen LogP contribution in [0.5, 0.6) is 0 Å². The summed E-state index contributed by atoms with van der Waals surface area (Å²) in [6, 6.07) is 8.10. The van der Waals surface area contributed by atoms with Gasteiger partial charge in [0.15, 0.2) is 0 Å². The smallest absolute Gasteiger partial charge is 0.209 e. The van der Waals surface area contributed by atoms with Crippen LogP contribution in [-0.4, -0.2) is 65.1 Å². The first-order valence-corrected chi connectivity index (χ1v) is 13.4. The zero-order valence-corrected chi connectivity index (χ0v) is 19.9. The molecule has 0 radical (unpaired) electrons. The molecule has 182 valence electrons. The number of hydrogen-bond donors (Lipinski definition) is 4. The van der Waals surface area contributed by atoms with Gasteiger partial charge >= 0.3 is 0 Å². The van der Waals surface area contributed by atoms with Gasteiger partial charge in [0.05, 0.1) is 11.6 Å². The topological polar surface area (TPSA) is 152 Å². The number of anilines is 1. The van der Waals surface area contributed by atoms with Crippen LogP contribution in [-0.2, 0) is 16.6 Å². The second kappa shape index (κ2) is 8.90. The second-order valence-electron chi connectivity index (χ2n) is 9.66. The van der Waals surface area contributed by atoms with Gasteiger partial charge in [-0.3, -0.25) is 0 Å². The van der Waals surface area contributed by atoms with Crippen LogP contribution >= 0.6 is 0 Å². The molecule has 1 aliphatic heterocycles. The van der Waals surface area contributed by atoms with Crippen molar-refractivity contribution in [2.75, 3.05) is 31.6 Å². The van der Waals surface area contributed by atoms with Crippen molar-refractivity contribution in [2.45, 2.75) is 31.7 Å². The Balaban J connectivity index is 1.35.